The second-order valence-corrected chi connectivity index (χ2v) is 22.7. The van der Waals surface area contributed by atoms with Crippen LogP contribution < -0.4 is 11.5 Å². The van der Waals surface area contributed by atoms with Crippen LogP contribution in [0.2, 0.25) is 0 Å². The molecule has 0 radical (unpaired) electrons. The molecule has 0 bridgehead atoms. The topological polar surface area (TPSA) is 409 Å². The lowest BCUT2D eigenvalue weighted by molar-refractivity contribution is -0.202. The minimum atomic E-state index is -1.59. The zero-order valence-electron chi connectivity index (χ0n) is 48.4. The number of esters is 1. The molecule has 0 saturated carbocycles. The Morgan fingerprint density at radius 2 is 1.23 bits per heavy atom. The van der Waals surface area contributed by atoms with E-state index in [1.165, 1.54) is 6.08 Å². The molecule has 18 N–H and O–H groups in total. The predicted molar refractivity (Wildman–Crippen MR) is 298 cm³/mol. The number of guanidine groups is 1. The van der Waals surface area contributed by atoms with Crippen LogP contribution in [-0.4, -0.2) is 200 Å². The van der Waals surface area contributed by atoms with E-state index in [2.05, 4.69) is 4.99 Å². The quantitative estimate of drug-likeness (QED) is 0.0491. The third-order valence-electron chi connectivity index (χ3n) is 15.3. The third-order valence-corrected chi connectivity index (χ3v) is 15.3. The first-order chi connectivity index (χ1) is 37.1. The van der Waals surface area contributed by atoms with E-state index in [9.17, 15) is 71.2 Å². The first-order valence-electron chi connectivity index (χ1n) is 29.0. The molecular weight excluding hydrogens is 1030 g/mol. The summed E-state index contributed by atoms with van der Waals surface area (Å²) >= 11 is 0. The second-order valence-electron chi connectivity index (χ2n) is 22.7. The third kappa shape index (κ3) is 30.8. The highest BCUT2D eigenvalue weighted by atomic mass is 16.7. The van der Waals surface area contributed by atoms with Crippen LogP contribution in [0.1, 0.15) is 183 Å². The zero-order valence-corrected chi connectivity index (χ0v) is 48.4. The first-order valence-corrected chi connectivity index (χ1v) is 29.0. The number of allylic oxidation sites excluding steroid dienone is 1. The molecule has 79 heavy (non-hydrogen) atoms. The van der Waals surface area contributed by atoms with Crippen LogP contribution in [0.4, 0.5) is 0 Å². The summed E-state index contributed by atoms with van der Waals surface area (Å²) in [6.45, 7) is 11.9. The lowest BCUT2D eigenvalue weighted by atomic mass is 9.84. The lowest BCUT2D eigenvalue weighted by Gasteiger charge is -2.33. The molecule has 0 spiro atoms. The number of carbonyl (C=O) groups excluding carboxylic acids is 1. The van der Waals surface area contributed by atoms with E-state index >= 15 is 0 Å². The number of nitrogens with two attached hydrogens (primary N) is 2. The number of aliphatic imine (C=N–C) groups is 1. The predicted octanol–water partition coefficient (Wildman–Crippen LogP) is 2.34. The van der Waals surface area contributed by atoms with Crippen LogP contribution in [0.3, 0.4) is 0 Å². The van der Waals surface area contributed by atoms with Crippen molar-refractivity contribution in [1.29, 1.82) is 0 Å². The van der Waals surface area contributed by atoms with Gasteiger partial charge in [-0.05, 0) is 134 Å². The number of hydrogen-bond acceptors (Lipinski definition) is 19. The highest BCUT2D eigenvalue weighted by Gasteiger charge is 2.45. The fourth-order valence-corrected chi connectivity index (χ4v) is 10.3. The smallest absolute Gasteiger partial charge is 0.311 e. The summed E-state index contributed by atoms with van der Waals surface area (Å²) in [7, 11) is 0. The summed E-state index contributed by atoms with van der Waals surface area (Å²) in [6.07, 6.45) is -7.36. The molecule has 1 fully saturated rings. The number of rotatable bonds is 10. The van der Waals surface area contributed by atoms with Gasteiger partial charge in [0.2, 0.25) is 0 Å². The van der Waals surface area contributed by atoms with E-state index in [4.69, 9.17) is 35.6 Å². The van der Waals surface area contributed by atoms with Crippen LogP contribution in [0, 0.1) is 23.7 Å². The Kier molecular flexibility index (Phi) is 37.8. The first kappa shape index (κ1) is 74.1. The number of carboxylic acids is 1. The molecule has 464 valence electrons. The molecule has 0 amide bonds. The number of unbranched alkanes of at least 4 members (excludes halogenated alkanes) is 1. The molecule has 0 aromatic rings. The standard InChI is InChI=1S/C55H103N3O17.C2H4O2/c1-7-8-19-43-50(69)33(3)22-23-38(61)17-11-16-37(60)18-12-20-44(66)34(4)26-47(74-54-52(71)51(70)48(31-59)75-54)45(67)30-42(65)29-41(64)28-40(63)27-39(62)15-10-9-14-32(2)25-35(5)49(68)36(6)46(73-53(43)72)21-13-24-58-55(56)57;1-2(3)4/h25-26,33,35-52,54,59-71H,7-24,27-31H2,1-6H3,(H4,56,57,58);1H3,(H,3,4)/b32-25+,34-26-;. The van der Waals surface area contributed by atoms with Gasteiger partial charge in [-0.25, -0.2) is 0 Å². The maximum Gasteiger partial charge on any atom is 0.311 e. The molecule has 2 aliphatic rings. The average Bonchev–Trinajstić information content (AvgIpc) is 3.64. The summed E-state index contributed by atoms with van der Waals surface area (Å²) in [4.78, 5) is 27.2. The minimum absolute atomic E-state index is 0.0173. The number of aliphatic carboxylic acids is 1. The van der Waals surface area contributed by atoms with Crippen molar-refractivity contribution in [2.45, 2.75) is 281 Å². The van der Waals surface area contributed by atoms with E-state index in [1.807, 2.05) is 40.7 Å². The van der Waals surface area contributed by atoms with Gasteiger partial charge in [0.05, 0.1) is 73.6 Å². The average molecular weight is 1140 g/mol. The van der Waals surface area contributed by atoms with Gasteiger partial charge in [-0.2, -0.15) is 0 Å². The number of hydrogen-bond donors (Lipinski definition) is 16. The van der Waals surface area contributed by atoms with Crippen molar-refractivity contribution >= 4 is 17.9 Å². The summed E-state index contributed by atoms with van der Waals surface area (Å²) < 4.78 is 17.6. The van der Waals surface area contributed by atoms with Crippen molar-refractivity contribution in [2.75, 3.05) is 13.2 Å². The van der Waals surface area contributed by atoms with E-state index in [0.29, 0.717) is 108 Å². The van der Waals surface area contributed by atoms with Gasteiger partial charge in [0.15, 0.2) is 12.2 Å². The molecule has 2 rings (SSSR count). The fourth-order valence-electron chi connectivity index (χ4n) is 10.3. The fraction of sp³-hybridized carbons (Fsp3) is 0.877. The SMILES string of the molecule is CC(=O)O.CCCCC1C(=O)OC(CCCN=C(N)N)C(C)C(O)C(C)/C=C(\C)CCCCC(O)CC(O)CC(O)CC(O)CC(O)C(OC2OC(CO)C(O)C2O)/C=C(/C)C(O)CCCC(O)CCCC(O)CCC(C)C1O. The summed E-state index contributed by atoms with van der Waals surface area (Å²) in [6, 6.07) is 0. The number of cyclic esters (lactones) is 1. The van der Waals surface area contributed by atoms with Crippen LogP contribution in [0.15, 0.2) is 28.3 Å². The van der Waals surface area contributed by atoms with E-state index < -0.39 is 128 Å². The van der Waals surface area contributed by atoms with Crippen molar-refractivity contribution in [2.24, 2.45) is 40.1 Å². The highest BCUT2D eigenvalue weighted by molar-refractivity contribution is 5.75. The van der Waals surface area contributed by atoms with Gasteiger partial charge in [0.25, 0.3) is 5.97 Å². The van der Waals surface area contributed by atoms with Gasteiger partial charge in [0, 0.05) is 31.7 Å². The van der Waals surface area contributed by atoms with Gasteiger partial charge >= 0.3 is 5.97 Å². The summed E-state index contributed by atoms with van der Waals surface area (Å²) in [5.41, 5.74) is 12.5. The molecule has 20 atom stereocenters. The van der Waals surface area contributed by atoms with Gasteiger partial charge in [-0.1, -0.05) is 64.7 Å². The van der Waals surface area contributed by atoms with Crippen molar-refractivity contribution in [3.05, 3.63) is 23.3 Å². The van der Waals surface area contributed by atoms with Gasteiger partial charge < -0.3 is 97.2 Å². The van der Waals surface area contributed by atoms with E-state index in [-0.39, 0.29) is 49.9 Å². The highest BCUT2D eigenvalue weighted by Crippen LogP contribution is 2.31. The Balaban J connectivity index is 0.00000752. The second kappa shape index (κ2) is 40.3. The minimum Gasteiger partial charge on any atom is -0.481 e. The van der Waals surface area contributed by atoms with Crippen molar-refractivity contribution < 1.29 is 95.3 Å². The van der Waals surface area contributed by atoms with Gasteiger partial charge in [0.1, 0.15) is 30.5 Å². The number of aliphatic hydroxyl groups excluding tert-OH is 13. The number of nitrogens with zero attached hydrogens (tertiary/aromatic N) is 1. The monoisotopic (exact) mass is 1140 g/mol. The largest absolute Gasteiger partial charge is 0.481 e. The number of carboxylic acid groups (broad SMARTS) is 1. The molecule has 22 nitrogen and oxygen atoms in total. The molecule has 1 saturated heterocycles. The van der Waals surface area contributed by atoms with Crippen molar-refractivity contribution in [3.63, 3.8) is 0 Å². The number of aliphatic hydroxyl groups is 13. The molecule has 0 aromatic heterocycles. The Labute approximate surface area is 469 Å². The molecule has 2 heterocycles. The van der Waals surface area contributed by atoms with Crippen molar-refractivity contribution in [1.82, 2.24) is 0 Å². The summed E-state index contributed by atoms with van der Waals surface area (Å²) in [5.74, 6) is -3.47. The molecule has 20 unspecified atom stereocenters. The van der Waals surface area contributed by atoms with Crippen LogP contribution in [0.5, 0.6) is 0 Å². The van der Waals surface area contributed by atoms with Crippen LogP contribution in [-0.2, 0) is 23.8 Å². The molecule has 22 heteroatoms. The number of ether oxygens (including phenoxy) is 3. The Bertz CT molecular complexity index is 1740. The maximum atomic E-state index is 14.1. The molecule has 0 aromatic carbocycles. The van der Waals surface area contributed by atoms with Gasteiger partial charge in [-0.15, -0.1) is 0 Å². The maximum absolute atomic E-state index is 14.1. The van der Waals surface area contributed by atoms with Crippen LogP contribution >= 0.6 is 0 Å². The molecule has 2 aliphatic heterocycles. The van der Waals surface area contributed by atoms with Crippen LogP contribution in [0.25, 0.3) is 0 Å². The Morgan fingerprint density at radius 3 is 1.80 bits per heavy atom. The summed E-state index contributed by atoms with van der Waals surface area (Å²) in [5, 5.41) is 149. The Hall–Kier alpha value is -2.91. The van der Waals surface area contributed by atoms with E-state index in [1.54, 1.807) is 6.92 Å². The molecule has 0 aliphatic carbocycles. The molecular formula is C57H107N3O19. The lowest BCUT2D eigenvalue weighted by Crippen LogP contribution is -2.41. The zero-order chi connectivity index (χ0) is 59.9. The normalized spacial score (nSPS) is 38.5. The Morgan fingerprint density at radius 1 is 0.671 bits per heavy atom. The van der Waals surface area contributed by atoms with Gasteiger partial charge in [-0.3, -0.25) is 14.6 Å². The van der Waals surface area contributed by atoms with E-state index in [0.717, 1.165) is 18.9 Å². The number of carbonyl (C=O) groups is 2. The van der Waals surface area contributed by atoms with Crippen molar-refractivity contribution in [3.8, 4) is 0 Å².